The minimum atomic E-state index is 0.218. The second-order valence-corrected chi connectivity index (χ2v) is 6.38. The maximum Gasteiger partial charge on any atom is 0.153 e. The van der Waals surface area contributed by atoms with Crippen LogP contribution in [0.2, 0.25) is 0 Å². The number of fused-ring (bicyclic) bond motifs is 2. The number of azo groups is 1. The van der Waals surface area contributed by atoms with Crippen molar-refractivity contribution in [1.82, 2.24) is 9.97 Å². The Hall–Kier alpha value is -3.98. The number of aromatic nitrogens is 2. The predicted molar refractivity (Wildman–Crippen MR) is 115 cm³/mol. The molecule has 0 radical (unpaired) electrons. The molecule has 0 unspecified atom stereocenters. The topological polar surface area (TPSA) is 164 Å². The number of anilines is 3. The lowest BCUT2D eigenvalue weighted by atomic mass is 10.1. The molecule has 146 valence electrons. The maximum absolute atomic E-state index is 6.39. The van der Waals surface area contributed by atoms with Crippen LogP contribution in [0.15, 0.2) is 58.8 Å². The Balaban J connectivity index is 1.72. The van der Waals surface area contributed by atoms with E-state index < -0.39 is 0 Å². The molecule has 0 atom stereocenters. The normalized spacial score (nSPS) is 11.5. The van der Waals surface area contributed by atoms with Gasteiger partial charge >= 0.3 is 0 Å². The summed E-state index contributed by atoms with van der Waals surface area (Å²) in [7, 11) is 0. The summed E-state index contributed by atoms with van der Waals surface area (Å²) in [6, 6.07) is 14.4. The zero-order valence-electron chi connectivity index (χ0n) is 15.5. The summed E-state index contributed by atoms with van der Waals surface area (Å²) in [5, 5.41) is 10.0. The monoisotopic (exact) mass is 388 g/mol. The largest absolute Gasteiger partial charge is 0.492 e. The molecule has 0 saturated heterocycles. The van der Waals surface area contributed by atoms with Crippen LogP contribution in [0.1, 0.15) is 0 Å². The van der Waals surface area contributed by atoms with Crippen LogP contribution in [-0.2, 0) is 0 Å². The lowest BCUT2D eigenvalue weighted by Crippen LogP contribution is -2.10. The average molecular weight is 388 g/mol. The van der Waals surface area contributed by atoms with E-state index in [1.54, 1.807) is 12.1 Å². The molecule has 2 heterocycles. The van der Waals surface area contributed by atoms with Crippen LogP contribution >= 0.6 is 0 Å². The molecule has 0 bridgehead atoms. The summed E-state index contributed by atoms with van der Waals surface area (Å²) >= 11 is 0. The molecule has 0 spiro atoms. The summed E-state index contributed by atoms with van der Waals surface area (Å²) in [4.78, 5) is 8.65. The molecule has 2 aromatic carbocycles. The Morgan fingerprint density at radius 3 is 2.48 bits per heavy atom. The molecule has 4 aromatic rings. The molecule has 9 nitrogen and oxygen atoms in total. The maximum atomic E-state index is 6.39. The van der Waals surface area contributed by atoms with E-state index in [2.05, 4.69) is 20.2 Å². The Morgan fingerprint density at radius 2 is 1.69 bits per heavy atom. The number of hydrogen-bond donors (Lipinski definition) is 4. The van der Waals surface area contributed by atoms with Crippen LogP contribution in [0, 0.1) is 0 Å². The molecule has 0 aliphatic rings. The van der Waals surface area contributed by atoms with Gasteiger partial charge in [0.1, 0.15) is 23.9 Å². The molecule has 8 N–H and O–H groups in total. The second-order valence-electron chi connectivity index (χ2n) is 6.38. The van der Waals surface area contributed by atoms with Gasteiger partial charge in [0, 0.05) is 17.3 Å². The lowest BCUT2D eigenvalue weighted by Gasteiger charge is -2.10. The molecule has 9 heteroatoms. The summed E-state index contributed by atoms with van der Waals surface area (Å²) < 4.78 is 5.58. The lowest BCUT2D eigenvalue weighted by molar-refractivity contribution is 0.329. The van der Waals surface area contributed by atoms with Crippen LogP contribution in [0.5, 0.6) is 5.75 Å². The second kappa shape index (κ2) is 7.56. The highest BCUT2D eigenvalue weighted by atomic mass is 16.5. The van der Waals surface area contributed by atoms with Crippen molar-refractivity contribution in [3.8, 4) is 5.75 Å². The van der Waals surface area contributed by atoms with E-state index in [-0.39, 0.29) is 5.82 Å². The molecule has 4 rings (SSSR count). The standard InChI is InChI=1S/C20H20N8O/c21-7-8-29-12-2-4-15-14(10-12)19(23)13-3-1-11(9-17(13)25-15)27-28-16-5-6-18(22)26-20(16)24/h1-6,9-10H,7-8,21H2,(H2,23,25)(H4,22,24,26)/b28-27+. The van der Waals surface area contributed by atoms with Gasteiger partial charge in [-0.05, 0) is 48.5 Å². The zero-order valence-corrected chi connectivity index (χ0v) is 15.5. The van der Waals surface area contributed by atoms with Gasteiger partial charge in [0.05, 0.1) is 22.4 Å². The smallest absolute Gasteiger partial charge is 0.153 e. The first-order chi connectivity index (χ1) is 14.0. The Morgan fingerprint density at radius 1 is 0.828 bits per heavy atom. The van der Waals surface area contributed by atoms with Crippen molar-refractivity contribution in [1.29, 1.82) is 0 Å². The Labute approximate surface area is 166 Å². The van der Waals surface area contributed by atoms with Crippen molar-refractivity contribution in [2.45, 2.75) is 0 Å². The van der Waals surface area contributed by atoms with E-state index in [4.69, 9.17) is 27.7 Å². The zero-order chi connectivity index (χ0) is 20.4. The fourth-order valence-electron chi connectivity index (χ4n) is 2.95. The number of hydrogen-bond acceptors (Lipinski definition) is 9. The van der Waals surface area contributed by atoms with E-state index in [0.717, 1.165) is 16.3 Å². The minimum Gasteiger partial charge on any atom is -0.492 e. The van der Waals surface area contributed by atoms with Crippen molar-refractivity contribution >= 4 is 50.5 Å². The third kappa shape index (κ3) is 3.71. The van der Waals surface area contributed by atoms with Crippen LogP contribution in [-0.4, -0.2) is 23.1 Å². The van der Waals surface area contributed by atoms with Gasteiger partial charge in [-0.25, -0.2) is 9.97 Å². The van der Waals surface area contributed by atoms with Gasteiger partial charge in [-0.3, -0.25) is 0 Å². The van der Waals surface area contributed by atoms with Crippen molar-refractivity contribution in [3.63, 3.8) is 0 Å². The van der Waals surface area contributed by atoms with Gasteiger partial charge in [-0.1, -0.05) is 0 Å². The SMILES string of the molecule is NCCOc1ccc2nc3cc(/N=N/c4ccc(N)nc4N)ccc3c(N)c2c1. The molecule has 29 heavy (non-hydrogen) atoms. The fraction of sp³-hybridized carbons (Fsp3) is 0.100. The summed E-state index contributed by atoms with van der Waals surface area (Å²) in [6.07, 6.45) is 0. The van der Waals surface area contributed by atoms with Crippen molar-refractivity contribution in [3.05, 3.63) is 48.5 Å². The summed E-state index contributed by atoms with van der Waals surface area (Å²) in [6.45, 7) is 0.883. The fourth-order valence-corrected chi connectivity index (χ4v) is 2.95. The highest BCUT2D eigenvalue weighted by Crippen LogP contribution is 2.33. The first kappa shape index (κ1) is 18.4. The van der Waals surface area contributed by atoms with Gasteiger partial charge in [0.25, 0.3) is 0 Å². The number of nitrogens with zero attached hydrogens (tertiary/aromatic N) is 4. The van der Waals surface area contributed by atoms with Gasteiger partial charge in [0.15, 0.2) is 5.82 Å². The van der Waals surface area contributed by atoms with Gasteiger partial charge < -0.3 is 27.7 Å². The quantitative estimate of drug-likeness (QED) is 0.301. The van der Waals surface area contributed by atoms with E-state index in [1.807, 2.05) is 36.4 Å². The molecular weight excluding hydrogens is 368 g/mol. The van der Waals surface area contributed by atoms with E-state index in [0.29, 0.717) is 47.3 Å². The van der Waals surface area contributed by atoms with E-state index in [9.17, 15) is 0 Å². The summed E-state index contributed by atoms with van der Waals surface area (Å²) in [5.41, 5.74) is 26.4. The number of pyridine rings is 2. The summed E-state index contributed by atoms with van der Waals surface area (Å²) in [5.74, 6) is 1.25. The van der Waals surface area contributed by atoms with E-state index >= 15 is 0 Å². The number of ether oxygens (including phenoxy) is 1. The third-order valence-electron chi connectivity index (χ3n) is 4.35. The van der Waals surface area contributed by atoms with Gasteiger partial charge in [0.2, 0.25) is 0 Å². The number of nitrogens with two attached hydrogens (primary N) is 4. The highest BCUT2D eigenvalue weighted by Gasteiger charge is 2.09. The molecule has 0 fully saturated rings. The number of rotatable bonds is 5. The average Bonchev–Trinajstić information content (AvgIpc) is 2.72. The first-order valence-electron chi connectivity index (χ1n) is 8.95. The molecule has 2 aromatic heterocycles. The van der Waals surface area contributed by atoms with Gasteiger partial charge in [-0.15, -0.1) is 5.11 Å². The predicted octanol–water partition coefficient (Wildman–Crippen LogP) is 3.28. The Bertz CT molecular complexity index is 1240. The number of nitrogen functional groups attached to an aromatic ring is 3. The molecular formula is C20H20N8O. The van der Waals surface area contributed by atoms with Gasteiger partial charge in [-0.2, -0.15) is 5.11 Å². The highest BCUT2D eigenvalue weighted by molar-refractivity contribution is 6.07. The third-order valence-corrected chi connectivity index (χ3v) is 4.35. The first-order valence-corrected chi connectivity index (χ1v) is 8.95. The van der Waals surface area contributed by atoms with Crippen LogP contribution < -0.4 is 27.7 Å². The Kier molecular flexibility index (Phi) is 4.80. The van der Waals surface area contributed by atoms with Crippen LogP contribution in [0.4, 0.5) is 28.7 Å². The van der Waals surface area contributed by atoms with Crippen LogP contribution in [0.25, 0.3) is 21.8 Å². The van der Waals surface area contributed by atoms with Crippen LogP contribution in [0.3, 0.4) is 0 Å². The molecule has 0 amide bonds. The van der Waals surface area contributed by atoms with Crippen molar-refractivity contribution in [2.75, 3.05) is 30.4 Å². The van der Waals surface area contributed by atoms with Crippen molar-refractivity contribution in [2.24, 2.45) is 16.0 Å². The molecule has 0 aliphatic heterocycles. The van der Waals surface area contributed by atoms with E-state index in [1.165, 1.54) is 0 Å². The molecule has 0 aliphatic carbocycles. The number of benzene rings is 2. The van der Waals surface area contributed by atoms with Crippen molar-refractivity contribution < 1.29 is 4.74 Å². The minimum absolute atomic E-state index is 0.218. The molecule has 0 saturated carbocycles.